The Morgan fingerprint density at radius 1 is 1.08 bits per heavy atom. The number of carbonyl (C=O) groups excluding carboxylic acids is 2. The van der Waals surface area contributed by atoms with E-state index in [-0.39, 0.29) is 21.5 Å². The molecule has 126 valence electrons. The molecular formula is C16H14Cl2N2O3S. The van der Waals surface area contributed by atoms with Gasteiger partial charge in [-0.3, -0.25) is 20.4 Å². The quantitative estimate of drug-likeness (QED) is 0.793. The van der Waals surface area contributed by atoms with Crippen LogP contribution >= 0.6 is 34.5 Å². The largest absolute Gasteiger partial charge is 0.494 e. The van der Waals surface area contributed by atoms with Gasteiger partial charge in [-0.05, 0) is 43.0 Å². The fourth-order valence-electron chi connectivity index (χ4n) is 2.57. The van der Waals surface area contributed by atoms with Gasteiger partial charge in [-0.25, -0.2) is 0 Å². The maximum absolute atomic E-state index is 12.1. The third-order valence-electron chi connectivity index (χ3n) is 3.72. The average molecular weight is 385 g/mol. The minimum atomic E-state index is -0.515. The SMILES string of the molecule is COc1c(Cl)cc(C(=O)NNC(=O)c2cc3c(s2)CCC3)cc1Cl. The number of methoxy groups -OCH3 is 1. The summed E-state index contributed by atoms with van der Waals surface area (Å²) in [5.74, 6) is -0.556. The summed E-state index contributed by atoms with van der Waals surface area (Å²) in [6.45, 7) is 0. The molecule has 2 N–H and O–H groups in total. The third kappa shape index (κ3) is 3.36. The standard InChI is InChI=1S/C16H14Cl2N2O3S/c1-23-14-10(17)5-9(6-11(14)18)15(21)19-20-16(22)13-7-8-3-2-4-12(8)24-13/h5-7H,2-4H2,1H3,(H,19,21)(H,20,22). The molecule has 1 heterocycles. The first-order valence-electron chi connectivity index (χ1n) is 7.25. The van der Waals surface area contributed by atoms with Crippen molar-refractivity contribution in [2.45, 2.75) is 19.3 Å². The lowest BCUT2D eigenvalue weighted by Crippen LogP contribution is -2.41. The van der Waals surface area contributed by atoms with E-state index in [2.05, 4.69) is 10.9 Å². The van der Waals surface area contributed by atoms with Crippen molar-refractivity contribution in [2.24, 2.45) is 0 Å². The molecule has 0 saturated heterocycles. The van der Waals surface area contributed by atoms with Crippen LogP contribution in [0, 0.1) is 0 Å². The molecule has 0 fully saturated rings. The molecule has 3 rings (SSSR count). The number of thiophene rings is 1. The van der Waals surface area contributed by atoms with Crippen LogP contribution in [-0.2, 0) is 12.8 Å². The molecule has 5 nitrogen and oxygen atoms in total. The summed E-state index contributed by atoms with van der Waals surface area (Å²) in [6.07, 6.45) is 3.16. The minimum absolute atomic E-state index is 0.219. The van der Waals surface area contributed by atoms with Crippen LogP contribution in [0.4, 0.5) is 0 Å². The van der Waals surface area contributed by atoms with E-state index in [1.807, 2.05) is 6.07 Å². The van der Waals surface area contributed by atoms with Crippen LogP contribution in [0.3, 0.4) is 0 Å². The molecule has 1 aliphatic rings. The summed E-state index contributed by atoms with van der Waals surface area (Å²) < 4.78 is 5.03. The van der Waals surface area contributed by atoms with E-state index in [9.17, 15) is 9.59 Å². The van der Waals surface area contributed by atoms with Gasteiger partial charge in [0.25, 0.3) is 11.8 Å². The molecule has 24 heavy (non-hydrogen) atoms. The molecule has 0 unspecified atom stereocenters. The predicted molar refractivity (Wildman–Crippen MR) is 94.3 cm³/mol. The van der Waals surface area contributed by atoms with Crippen LogP contribution in [0.5, 0.6) is 5.75 Å². The van der Waals surface area contributed by atoms with Crippen LogP contribution in [-0.4, -0.2) is 18.9 Å². The van der Waals surface area contributed by atoms with Gasteiger partial charge in [0.15, 0.2) is 5.75 Å². The first-order chi connectivity index (χ1) is 11.5. The normalized spacial score (nSPS) is 12.6. The summed E-state index contributed by atoms with van der Waals surface area (Å²) in [6, 6.07) is 4.73. The van der Waals surface area contributed by atoms with Crippen LogP contribution in [0.25, 0.3) is 0 Å². The Kier molecular flexibility index (Phi) is 4.99. The van der Waals surface area contributed by atoms with Gasteiger partial charge in [-0.15, -0.1) is 11.3 Å². The van der Waals surface area contributed by atoms with Crippen molar-refractivity contribution in [1.82, 2.24) is 10.9 Å². The third-order valence-corrected chi connectivity index (χ3v) is 5.52. The zero-order valence-electron chi connectivity index (χ0n) is 12.7. The maximum atomic E-state index is 12.1. The zero-order valence-corrected chi connectivity index (χ0v) is 15.1. The van der Waals surface area contributed by atoms with Gasteiger partial charge in [-0.1, -0.05) is 23.2 Å². The van der Waals surface area contributed by atoms with Gasteiger partial charge in [-0.2, -0.15) is 0 Å². The van der Waals surface area contributed by atoms with Crippen molar-refractivity contribution in [3.63, 3.8) is 0 Å². The van der Waals surface area contributed by atoms with E-state index in [0.29, 0.717) is 10.6 Å². The molecule has 0 saturated carbocycles. The van der Waals surface area contributed by atoms with Crippen molar-refractivity contribution in [3.05, 3.63) is 49.1 Å². The van der Waals surface area contributed by atoms with Gasteiger partial charge in [0.2, 0.25) is 0 Å². The van der Waals surface area contributed by atoms with E-state index in [0.717, 1.165) is 19.3 Å². The van der Waals surface area contributed by atoms with Crippen molar-refractivity contribution >= 4 is 46.4 Å². The maximum Gasteiger partial charge on any atom is 0.279 e. The minimum Gasteiger partial charge on any atom is -0.494 e. The second-order valence-electron chi connectivity index (χ2n) is 5.29. The Balaban J connectivity index is 1.65. The number of carbonyl (C=O) groups is 2. The summed E-state index contributed by atoms with van der Waals surface area (Å²) in [5, 5.41) is 0.437. The van der Waals surface area contributed by atoms with E-state index >= 15 is 0 Å². The zero-order chi connectivity index (χ0) is 17.3. The Morgan fingerprint density at radius 2 is 1.75 bits per heavy atom. The van der Waals surface area contributed by atoms with Crippen molar-refractivity contribution < 1.29 is 14.3 Å². The van der Waals surface area contributed by atoms with Crippen LogP contribution in [0.15, 0.2) is 18.2 Å². The van der Waals surface area contributed by atoms with E-state index in [1.54, 1.807) is 0 Å². The lowest BCUT2D eigenvalue weighted by molar-refractivity contribution is 0.0849. The smallest absolute Gasteiger partial charge is 0.279 e. The Labute approximate surface area is 152 Å². The molecular weight excluding hydrogens is 371 g/mol. The van der Waals surface area contributed by atoms with Gasteiger partial charge in [0, 0.05) is 10.4 Å². The lowest BCUT2D eigenvalue weighted by atomic mass is 10.2. The molecule has 0 aliphatic heterocycles. The molecule has 1 aromatic heterocycles. The van der Waals surface area contributed by atoms with E-state index in [1.165, 1.54) is 41.0 Å². The fourth-order valence-corrected chi connectivity index (χ4v) is 4.36. The molecule has 0 atom stereocenters. The van der Waals surface area contributed by atoms with Crippen LogP contribution < -0.4 is 15.6 Å². The number of hydrogen-bond donors (Lipinski definition) is 2. The van der Waals surface area contributed by atoms with Gasteiger partial charge in [0.05, 0.1) is 22.0 Å². The van der Waals surface area contributed by atoms with Crippen molar-refractivity contribution in [1.29, 1.82) is 0 Å². The first-order valence-corrected chi connectivity index (χ1v) is 8.82. The van der Waals surface area contributed by atoms with Gasteiger partial charge in [0.1, 0.15) is 0 Å². The van der Waals surface area contributed by atoms with Crippen molar-refractivity contribution in [3.8, 4) is 5.75 Å². The number of nitrogens with one attached hydrogen (secondary N) is 2. The summed E-state index contributed by atoms with van der Waals surface area (Å²) in [4.78, 5) is 26.1. The number of hydrazine groups is 1. The highest BCUT2D eigenvalue weighted by molar-refractivity contribution is 7.14. The molecule has 0 radical (unpaired) electrons. The lowest BCUT2D eigenvalue weighted by Gasteiger charge is -2.10. The molecule has 1 aliphatic carbocycles. The number of amides is 2. The Morgan fingerprint density at radius 3 is 2.38 bits per heavy atom. The number of aryl methyl sites for hydroxylation is 2. The van der Waals surface area contributed by atoms with Crippen molar-refractivity contribution in [2.75, 3.05) is 7.11 Å². The number of benzene rings is 1. The molecule has 2 amide bonds. The predicted octanol–water partition coefficient (Wildman–Crippen LogP) is 3.63. The fraction of sp³-hybridized carbons (Fsp3) is 0.250. The highest BCUT2D eigenvalue weighted by atomic mass is 35.5. The van der Waals surface area contributed by atoms with E-state index in [4.69, 9.17) is 27.9 Å². The molecule has 0 bridgehead atoms. The number of ether oxygens (including phenoxy) is 1. The summed E-state index contributed by atoms with van der Waals surface area (Å²) in [7, 11) is 1.44. The molecule has 1 aromatic carbocycles. The van der Waals surface area contributed by atoms with E-state index < -0.39 is 5.91 Å². The Hall–Kier alpha value is -1.76. The second-order valence-corrected chi connectivity index (χ2v) is 7.25. The number of fused-ring (bicyclic) bond motifs is 1. The van der Waals surface area contributed by atoms with Crippen LogP contribution in [0.2, 0.25) is 10.0 Å². The Bertz CT molecular complexity index is 775. The number of rotatable bonds is 3. The first kappa shape index (κ1) is 17.1. The highest BCUT2D eigenvalue weighted by Crippen LogP contribution is 2.34. The van der Waals surface area contributed by atoms with Gasteiger partial charge < -0.3 is 4.74 Å². The summed E-state index contributed by atoms with van der Waals surface area (Å²) in [5.41, 5.74) is 6.22. The van der Waals surface area contributed by atoms with Crippen LogP contribution in [0.1, 0.15) is 36.9 Å². The molecule has 0 spiro atoms. The monoisotopic (exact) mass is 384 g/mol. The topological polar surface area (TPSA) is 67.4 Å². The van der Waals surface area contributed by atoms with Gasteiger partial charge >= 0.3 is 0 Å². The summed E-state index contributed by atoms with van der Waals surface area (Å²) >= 11 is 13.5. The molecule has 8 heteroatoms. The number of hydrogen-bond acceptors (Lipinski definition) is 4. The number of halogens is 2. The molecule has 2 aromatic rings. The highest BCUT2D eigenvalue weighted by Gasteiger charge is 2.19. The second kappa shape index (κ2) is 7.01. The average Bonchev–Trinajstić information content (AvgIpc) is 3.13.